The SMILES string of the molecule is Cc1cccc(CS(=O)(=O)c2ncc(CN(C(=O)c3ccccc3C)C3CC3)n2CC(C)C)c1. The zero-order valence-electron chi connectivity index (χ0n) is 20.4. The van der Waals surface area contributed by atoms with Crippen LogP contribution in [0.4, 0.5) is 0 Å². The lowest BCUT2D eigenvalue weighted by Gasteiger charge is -2.24. The highest BCUT2D eigenvalue weighted by molar-refractivity contribution is 7.90. The highest BCUT2D eigenvalue weighted by Gasteiger charge is 2.35. The number of hydrogen-bond acceptors (Lipinski definition) is 4. The largest absolute Gasteiger partial charge is 0.330 e. The standard InChI is InChI=1S/C27H33N3O3S/c1-19(2)16-30-24(15-28-27(30)34(32,33)18-22-10-7-8-20(3)14-22)17-29(23-12-13-23)26(31)25-11-6-5-9-21(25)4/h5-11,14-15,19,23H,12-13,16-18H2,1-4H3. The van der Waals surface area contributed by atoms with Crippen LogP contribution >= 0.6 is 0 Å². The van der Waals surface area contributed by atoms with E-state index in [-0.39, 0.29) is 28.8 Å². The van der Waals surface area contributed by atoms with Crippen molar-refractivity contribution in [3.05, 3.63) is 82.7 Å². The molecule has 0 atom stereocenters. The topological polar surface area (TPSA) is 72.3 Å². The monoisotopic (exact) mass is 479 g/mol. The van der Waals surface area contributed by atoms with E-state index in [1.54, 1.807) is 10.8 Å². The van der Waals surface area contributed by atoms with Crippen molar-refractivity contribution in [2.75, 3.05) is 0 Å². The Hall–Kier alpha value is -2.93. The molecule has 7 heteroatoms. The van der Waals surface area contributed by atoms with Crippen molar-refractivity contribution in [2.45, 2.75) is 70.6 Å². The summed E-state index contributed by atoms with van der Waals surface area (Å²) in [5, 5.41) is 0.0804. The first-order chi connectivity index (χ1) is 16.2. The van der Waals surface area contributed by atoms with Crippen molar-refractivity contribution in [1.82, 2.24) is 14.5 Å². The third kappa shape index (κ3) is 5.41. The van der Waals surface area contributed by atoms with Gasteiger partial charge in [0.15, 0.2) is 0 Å². The molecule has 1 fully saturated rings. The number of aryl methyl sites for hydroxylation is 2. The van der Waals surface area contributed by atoms with Gasteiger partial charge in [0.2, 0.25) is 15.0 Å². The number of nitrogens with zero attached hydrogens (tertiary/aromatic N) is 3. The second-order valence-corrected chi connectivity index (χ2v) is 11.6. The number of imidazole rings is 1. The summed E-state index contributed by atoms with van der Waals surface area (Å²) in [6.45, 7) is 8.87. The van der Waals surface area contributed by atoms with Crippen LogP contribution < -0.4 is 0 Å². The third-order valence-electron chi connectivity index (χ3n) is 6.12. The number of amides is 1. The summed E-state index contributed by atoms with van der Waals surface area (Å²) in [5.74, 6) is 0.113. The van der Waals surface area contributed by atoms with Crippen LogP contribution in [0.15, 0.2) is 59.9 Å². The summed E-state index contributed by atoms with van der Waals surface area (Å²) in [6.07, 6.45) is 3.56. The highest BCUT2D eigenvalue weighted by atomic mass is 32.2. The molecule has 0 spiro atoms. The maximum Gasteiger partial charge on any atom is 0.254 e. The molecule has 0 unspecified atom stereocenters. The van der Waals surface area contributed by atoms with E-state index < -0.39 is 9.84 Å². The molecule has 1 heterocycles. The predicted octanol–water partition coefficient (Wildman–Crippen LogP) is 4.93. The van der Waals surface area contributed by atoms with Gasteiger partial charge >= 0.3 is 0 Å². The van der Waals surface area contributed by atoms with E-state index in [1.165, 1.54) is 0 Å². The molecular formula is C27H33N3O3S. The van der Waals surface area contributed by atoms with Crippen LogP contribution in [0.1, 0.15) is 59.4 Å². The fourth-order valence-electron chi connectivity index (χ4n) is 4.31. The number of rotatable bonds is 9. The molecule has 34 heavy (non-hydrogen) atoms. The van der Waals surface area contributed by atoms with Gasteiger partial charge in [-0.3, -0.25) is 4.79 Å². The van der Waals surface area contributed by atoms with Crippen LogP contribution in [0, 0.1) is 19.8 Å². The van der Waals surface area contributed by atoms with Crippen LogP contribution in [-0.4, -0.2) is 34.8 Å². The molecule has 1 aliphatic carbocycles. The minimum absolute atomic E-state index is 0.0120. The quantitative estimate of drug-likeness (QED) is 0.436. The summed E-state index contributed by atoms with van der Waals surface area (Å²) in [6, 6.07) is 15.3. The summed E-state index contributed by atoms with van der Waals surface area (Å²) >= 11 is 0. The van der Waals surface area contributed by atoms with Crippen LogP contribution in [-0.2, 0) is 28.7 Å². The molecule has 2 aromatic carbocycles. The van der Waals surface area contributed by atoms with Crippen LogP contribution in [0.2, 0.25) is 0 Å². The Morgan fingerprint density at radius 2 is 1.85 bits per heavy atom. The second kappa shape index (κ2) is 9.74. The lowest BCUT2D eigenvalue weighted by molar-refractivity contribution is 0.0724. The zero-order chi connectivity index (χ0) is 24.5. The molecule has 0 bridgehead atoms. The molecule has 1 saturated carbocycles. The number of benzene rings is 2. The molecule has 1 amide bonds. The maximum absolute atomic E-state index is 13.4. The van der Waals surface area contributed by atoms with Crippen LogP contribution in [0.25, 0.3) is 0 Å². The van der Waals surface area contributed by atoms with Gasteiger partial charge in [-0.25, -0.2) is 13.4 Å². The predicted molar refractivity (Wildman–Crippen MR) is 133 cm³/mol. The molecule has 0 radical (unpaired) electrons. The minimum atomic E-state index is -3.66. The van der Waals surface area contributed by atoms with Gasteiger partial charge in [-0.05, 0) is 49.8 Å². The van der Waals surface area contributed by atoms with E-state index in [9.17, 15) is 13.2 Å². The molecule has 4 rings (SSSR count). The first-order valence-corrected chi connectivity index (χ1v) is 13.5. The first-order valence-electron chi connectivity index (χ1n) is 11.8. The van der Waals surface area contributed by atoms with E-state index in [2.05, 4.69) is 18.8 Å². The Balaban J connectivity index is 1.67. The van der Waals surface area contributed by atoms with Crippen LogP contribution in [0.3, 0.4) is 0 Å². The number of hydrogen-bond donors (Lipinski definition) is 0. The third-order valence-corrected chi connectivity index (χ3v) is 7.72. The Bertz CT molecular complexity index is 1290. The van der Waals surface area contributed by atoms with Gasteiger partial charge < -0.3 is 9.47 Å². The molecule has 1 aliphatic rings. The van der Waals surface area contributed by atoms with Crippen molar-refractivity contribution in [2.24, 2.45) is 5.92 Å². The van der Waals surface area contributed by atoms with Crippen molar-refractivity contribution >= 4 is 15.7 Å². The summed E-state index contributed by atoms with van der Waals surface area (Å²) in [7, 11) is -3.66. The van der Waals surface area contributed by atoms with Gasteiger partial charge in [0.25, 0.3) is 5.91 Å². The van der Waals surface area contributed by atoms with E-state index in [1.807, 2.05) is 67.3 Å². The normalized spacial score (nSPS) is 13.9. The maximum atomic E-state index is 13.4. The Labute approximate surface area is 202 Å². The minimum Gasteiger partial charge on any atom is -0.330 e. The van der Waals surface area contributed by atoms with Crippen molar-refractivity contribution in [3.63, 3.8) is 0 Å². The highest BCUT2D eigenvalue weighted by Crippen LogP contribution is 2.31. The summed E-state index contributed by atoms with van der Waals surface area (Å²) in [4.78, 5) is 19.7. The lowest BCUT2D eigenvalue weighted by Crippen LogP contribution is -2.34. The Morgan fingerprint density at radius 1 is 1.12 bits per heavy atom. The number of aromatic nitrogens is 2. The molecule has 0 N–H and O–H groups in total. The molecule has 180 valence electrons. The summed E-state index contributed by atoms with van der Waals surface area (Å²) in [5.41, 5.74) is 4.15. The molecule has 0 saturated heterocycles. The van der Waals surface area contributed by atoms with E-state index in [4.69, 9.17) is 0 Å². The van der Waals surface area contributed by atoms with Gasteiger partial charge in [0, 0.05) is 18.2 Å². The van der Waals surface area contributed by atoms with Gasteiger partial charge in [0.05, 0.1) is 24.2 Å². The molecule has 6 nitrogen and oxygen atoms in total. The fraction of sp³-hybridized carbons (Fsp3) is 0.407. The number of sulfone groups is 1. The van der Waals surface area contributed by atoms with Crippen molar-refractivity contribution in [1.29, 1.82) is 0 Å². The van der Waals surface area contributed by atoms with Crippen molar-refractivity contribution in [3.8, 4) is 0 Å². The van der Waals surface area contributed by atoms with Crippen LogP contribution in [0.5, 0.6) is 0 Å². The molecule has 0 aliphatic heterocycles. The average molecular weight is 480 g/mol. The van der Waals surface area contributed by atoms with Gasteiger partial charge in [-0.1, -0.05) is 61.9 Å². The zero-order valence-corrected chi connectivity index (χ0v) is 21.2. The first kappa shape index (κ1) is 24.2. The second-order valence-electron chi connectivity index (χ2n) is 9.76. The number of carbonyl (C=O) groups excluding carboxylic acids is 1. The van der Waals surface area contributed by atoms with Gasteiger partial charge in [-0.2, -0.15) is 0 Å². The lowest BCUT2D eigenvalue weighted by atomic mass is 10.1. The Morgan fingerprint density at radius 3 is 2.50 bits per heavy atom. The van der Waals surface area contributed by atoms with E-state index >= 15 is 0 Å². The molecule has 3 aromatic rings. The smallest absolute Gasteiger partial charge is 0.254 e. The number of carbonyl (C=O) groups is 1. The van der Waals surface area contributed by atoms with Gasteiger partial charge in [-0.15, -0.1) is 0 Å². The molecular weight excluding hydrogens is 446 g/mol. The van der Waals surface area contributed by atoms with E-state index in [0.717, 1.165) is 35.2 Å². The van der Waals surface area contributed by atoms with Gasteiger partial charge in [0.1, 0.15) is 0 Å². The average Bonchev–Trinajstić information content (AvgIpc) is 3.52. The molecule has 1 aromatic heterocycles. The summed E-state index contributed by atoms with van der Waals surface area (Å²) < 4.78 is 28.6. The van der Waals surface area contributed by atoms with Crippen molar-refractivity contribution < 1.29 is 13.2 Å². The van der Waals surface area contributed by atoms with E-state index in [0.29, 0.717) is 18.7 Å². The fourth-order valence-corrected chi connectivity index (χ4v) is 5.80. The Kier molecular flexibility index (Phi) is 6.94.